The second-order valence-electron chi connectivity index (χ2n) is 8.15. The molecule has 1 aliphatic heterocycles. The maximum absolute atomic E-state index is 10.6. The number of aliphatic imine (C=N–C) groups is 1. The van der Waals surface area contributed by atoms with Gasteiger partial charge in [-0.3, -0.25) is 4.99 Å². The van der Waals surface area contributed by atoms with Gasteiger partial charge >= 0.3 is 0 Å². The van der Waals surface area contributed by atoms with E-state index < -0.39 is 6.10 Å². The summed E-state index contributed by atoms with van der Waals surface area (Å²) < 4.78 is 7.99. The molecule has 1 aromatic carbocycles. The van der Waals surface area contributed by atoms with Crippen molar-refractivity contribution < 1.29 is 9.84 Å². The van der Waals surface area contributed by atoms with E-state index in [0.717, 1.165) is 48.9 Å². The highest BCUT2D eigenvalue weighted by molar-refractivity contribution is 14.0. The van der Waals surface area contributed by atoms with Gasteiger partial charge in [-0.05, 0) is 51.3 Å². The fourth-order valence-electron chi connectivity index (χ4n) is 3.72. The summed E-state index contributed by atoms with van der Waals surface area (Å²) in [5.74, 6) is 3.59. The number of guanidine groups is 1. The molecule has 3 rings (SSSR count). The van der Waals surface area contributed by atoms with E-state index in [1.165, 1.54) is 19.3 Å². The summed E-state index contributed by atoms with van der Waals surface area (Å²) in [7, 11) is 0. The Balaban J connectivity index is 0.00000363. The summed E-state index contributed by atoms with van der Waals surface area (Å²) in [4.78, 5) is 4.56. The molecule has 0 bridgehead atoms. The molecule has 1 atom stereocenters. The average molecular weight is 556 g/mol. The van der Waals surface area contributed by atoms with Crippen molar-refractivity contribution in [3.63, 3.8) is 0 Å². The quantitative estimate of drug-likeness (QED) is 0.250. The van der Waals surface area contributed by atoms with Crippen molar-refractivity contribution in [3.8, 4) is 5.75 Å². The number of hydrogen-bond acceptors (Lipinski definition) is 5. The number of hydrogen-bond donors (Lipinski definition) is 3. The van der Waals surface area contributed by atoms with Crippen molar-refractivity contribution >= 4 is 29.9 Å². The van der Waals surface area contributed by atoms with E-state index in [1.54, 1.807) is 0 Å². The van der Waals surface area contributed by atoms with Gasteiger partial charge in [0.25, 0.3) is 0 Å². The number of aliphatic hydroxyl groups excluding tert-OH is 1. The molecule has 1 aliphatic rings. The van der Waals surface area contributed by atoms with E-state index in [4.69, 9.17) is 4.74 Å². The molecule has 1 unspecified atom stereocenters. The molecule has 8 nitrogen and oxygen atoms in total. The van der Waals surface area contributed by atoms with E-state index >= 15 is 0 Å². The average Bonchev–Trinajstić information content (AvgIpc) is 2.97. The maximum Gasteiger partial charge on any atom is 0.191 e. The van der Waals surface area contributed by atoms with E-state index in [2.05, 4.69) is 30.4 Å². The smallest absolute Gasteiger partial charge is 0.191 e. The number of nitrogens with one attached hydrogen (secondary N) is 2. The number of halogens is 1. The second kappa shape index (κ2) is 13.6. The van der Waals surface area contributed by atoms with Crippen LogP contribution in [-0.4, -0.2) is 51.6 Å². The third kappa shape index (κ3) is 7.91. The first-order valence-electron chi connectivity index (χ1n) is 11.4. The molecule has 178 valence electrons. The molecule has 1 aromatic heterocycles. The Kier molecular flexibility index (Phi) is 11.2. The summed E-state index contributed by atoms with van der Waals surface area (Å²) in [5.41, 5.74) is 0.795. The fourth-order valence-corrected chi connectivity index (χ4v) is 3.72. The first-order valence-corrected chi connectivity index (χ1v) is 11.4. The van der Waals surface area contributed by atoms with Crippen LogP contribution < -0.4 is 15.4 Å². The van der Waals surface area contributed by atoms with Crippen LogP contribution in [0.5, 0.6) is 5.75 Å². The minimum absolute atomic E-state index is 0. The largest absolute Gasteiger partial charge is 0.491 e. The molecular weight excluding hydrogens is 519 g/mol. The summed E-state index contributed by atoms with van der Waals surface area (Å²) in [6.07, 6.45) is 4.85. The predicted octanol–water partition coefficient (Wildman–Crippen LogP) is 3.24. The molecule has 0 amide bonds. The van der Waals surface area contributed by atoms with Gasteiger partial charge in [0.2, 0.25) is 0 Å². The van der Waals surface area contributed by atoms with Crippen LogP contribution in [0.1, 0.15) is 63.3 Å². The van der Waals surface area contributed by atoms with Crippen LogP contribution in [0.15, 0.2) is 29.3 Å². The Morgan fingerprint density at radius 2 is 2.06 bits per heavy atom. The Labute approximate surface area is 208 Å². The van der Waals surface area contributed by atoms with Gasteiger partial charge in [0.15, 0.2) is 5.96 Å². The van der Waals surface area contributed by atoms with Gasteiger partial charge in [0, 0.05) is 32.5 Å². The first-order chi connectivity index (χ1) is 15.1. The zero-order valence-electron chi connectivity index (χ0n) is 19.4. The van der Waals surface area contributed by atoms with E-state index in [9.17, 15) is 5.11 Å². The second-order valence-corrected chi connectivity index (χ2v) is 8.15. The van der Waals surface area contributed by atoms with Crippen LogP contribution in [0.25, 0.3) is 0 Å². The van der Waals surface area contributed by atoms with Crippen molar-refractivity contribution in [1.29, 1.82) is 0 Å². The molecule has 0 fully saturated rings. The number of rotatable bonds is 9. The lowest BCUT2D eigenvalue weighted by atomic mass is 10.1. The Morgan fingerprint density at radius 3 is 2.84 bits per heavy atom. The molecule has 9 heteroatoms. The van der Waals surface area contributed by atoms with Gasteiger partial charge in [0.1, 0.15) is 17.4 Å². The van der Waals surface area contributed by atoms with Crippen LogP contribution in [0.2, 0.25) is 0 Å². The van der Waals surface area contributed by atoms with Crippen molar-refractivity contribution in [3.05, 3.63) is 41.5 Å². The number of nitrogens with zero attached hydrogens (tertiary/aromatic N) is 4. The van der Waals surface area contributed by atoms with Crippen LogP contribution in [-0.2, 0) is 19.4 Å². The van der Waals surface area contributed by atoms with Crippen LogP contribution >= 0.6 is 24.0 Å². The molecule has 32 heavy (non-hydrogen) atoms. The highest BCUT2D eigenvalue weighted by atomic mass is 127. The van der Waals surface area contributed by atoms with Crippen LogP contribution in [0.3, 0.4) is 0 Å². The Morgan fingerprint density at radius 1 is 1.22 bits per heavy atom. The molecular formula is C23H37IN6O2. The highest BCUT2D eigenvalue weighted by Gasteiger charge is 2.14. The molecule has 0 saturated carbocycles. The molecule has 3 N–H and O–H groups in total. The molecule has 2 heterocycles. The highest BCUT2D eigenvalue weighted by Crippen LogP contribution is 2.20. The molecule has 2 aromatic rings. The predicted molar refractivity (Wildman–Crippen MR) is 138 cm³/mol. The molecule has 0 spiro atoms. The summed E-state index contributed by atoms with van der Waals surface area (Å²) in [6, 6.07) is 7.56. The minimum Gasteiger partial charge on any atom is -0.491 e. The SMILES string of the molecule is CCNC(=NCC(O)c1cccc(OC(C)C)c1)NCCc1nnc2n1CCCCC2.I. The number of aliphatic hydroxyl groups is 1. The van der Waals surface area contributed by atoms with Crippen molar-refractivity contribution in [2.45, 2.75) is 71.6 Å². The third-order valence-electron chi connectivity index (χ3n) is 5.21. The molecule has 0 aliphatic carbocycles. The number of ether oxygens (including phenoxy) is 1. The number of aromatic nitrogens is 3. The van der Waals surface area contributed by atoms with Gasteiger partial charge in [-0.1, -0.05) is 18.6 Å². The van der Waals surface area contributed by atoms with Crippen LogP contribution in [0.4, 0.5) is 0 Å². The summed E-state index contributed by atoms with van der Waals surface area (Å²) >= 11 is 0. The minimum atomic E-state index is -0.696. The zero-order chi connectivity index (χ0) is 22.1. The molecule has 0 radical (unpaired) electrons. The van der Waals surface area contributed by atoms with E-state index in [1.807, 2.05) is 45.0 Å². The first kappa shape index (κ1) is 26.4. The lowest BCUT2D eigenvalue weighted by Crippen LogP contribution is -2.38. The van der Waals surface area contributed by atoms with Gasteiger partial charge in [0.05, 0.1) is 18.8 Å². The normalized spacial score (nSPS) is 14.8. The topological polar surface area (TPSA) is 96.6 Å². The van der Waals surface area contributed by atoms with E-state index in [-0.39, 0.29) is 36.6 Å². The number of fused-ring (bicyclic) bond motifs is 1. The standard InChI is InChI=1S/C23H36N6O2.HI/c1-4-24-23(25-13-12-22-28-27-21-11-6-5-7-14-29(21)22)26-16-20(30)18-9-8-10-19(15-18)31-17(2)3;/h8-10,15,17,20,30H,4-7,11-14,16H2,1-3H3,(H2,24,25,26);1H. The lowest BCUT2D eigenvalue weighted by Gasteiger charge is -2.15. The maximum atomic E-state index is 10.6. The lowest BCUT2D eigenvalue weighted by molar-refractivity contribution is 0.185. The number of benzene rings is 1. The van der Waals surface area contributed by atoms with Gasteiger partial charge in [-0.2, -0.15) is 0 Å². The molecule has 0 saturated heterocycles. The van der Waals surface area contributed by atoms with Crippen molar-refractivity contribution in [2.24, 2.45) is 4.99 Å². The van der Waals surface area contributed by atoms with Gasteiger partial charge < -0.3 is 25.0 Å². The van der Waals surface area contributed by atoms with Gasteiger partial charge in [-0.25, -0.2) is 0 Å². The third-order valence-corrected chi connectivity index (χ3v) is 5.21. The van der Waals surface area contributed by atoms with Crippen molar-refractivity contribution in [2.75, 3.05) is 19.6 Å². The number of aryl methyl sites for hydroxylation is 1. The Bertz CT molecular complexity index is 855. The van der Waals surface area contributed by atoms with E-state index in [0.29, 0.717) is 12.5 Å². The van der Waals surface area contributed by atoms with Crippen LogP contribution in [0, 0.1) is 0 Å². The van der Waals surface area contributed by atoms with Gasteiger partial charge in [-0.15, -0.1) is 34.2 Å². The zero-order valence-corrected chi connectivity index (χ0v) is 21.7. The fraction of sp³-hybridized carbons (Fsp3) is 0.609. The summed E-state index contributed by atoms with van der Waals surface area (Å²) in [5, 5.41) is 25.9. The monoisotopic (exact) mass is 556 g/mol. The van der Waals surface area contributed by atoms with Crippen molar-refractivity contribution in [1.82, 2.24) is 25.4 Å². The summed E-state index contributed by atoms with van der Waals surface area (Å²) in [6.45, 7) is 8.73. The Hall–Kier alpha value is -1.88.